The maximum absolute atomic E-state index is 3.32. The van der Waals surface area contributed by atoms with Gasteiger partial charge in [-0.15, -0.1) is 0 Å². The van der Waals surface area contributed by atoms with Crippen molar-refractivity contribution < 1.29 is 0 Å². The first-order valence-electron chi connectivity index (χ1n) is 3.14. The molecular formula is C6H10N2. The summed E-state index contributed by atoms with van der Waals surface area (Å²) in [5.74, 6) is 0. The van der Waals surface area contributed by atoms with Crippen LogP contribution in [0.4, 0.5) is 0 Å². The molecule has 2 heteroatoms. The highest BCUT2D eigenvalue weighted by Gasteiger charge is 2.18. The summed E-state index contributed by atoms with van der Waals surface area (Å²) in [4.78, 5) is 0. The van der Waals surface area contributed by atoms with Gasteiger partial charge in [-0.2, -0.15) is 0 Å². The van der Waals surface area contributed by atoms with Crippen LogP contribution in [0.15, 0.2) is 11.9 Å². The molecule has 3 aliphatic rings. The van der Waals surface area contributed by atoms with Gasteiger partial charge in [-0.25, -0.2) is 0 Å². The van der Waals surface area contributed by atoms with Gasteiger partial charge in [0, 0.05) is 24.5 Å². The third kappa shape index (κ3) is 0.489. The largest absolute Gasteiger partial charge is 0.385 e. The van der Waals surface area contributed by atoms with Gasteiger partial charge >= 0.3 is 0 Å². The van der Waals surface area contributed by atoms with Crippen molar-refractivity contribution in [1.82, 2.24) is 10.6 Å². The van der Waals surface area contributed by atoms with Gasteiger partial charge in [0.25, 0.3) is 0 Å². The molecule has 3 heterocycles. The normalized spacial score (nSPS) is 33.0. The Labute approximate surface area is 49.0 Å². The lowest BCUT2D eigenvalue weighted by Crippen LogP contribution is -2.45. The van der Waals surface area contributed by atoms with Crippen LogP contribution in [0, 0.1) is 0 Å². The second-order valence-corrected chi connectivity index (χ2v) is 2.45. The average molecular weight is 110 g/mol. The fourth-order valence-corrected chi connectivity index (χ4v) is 1.26. The van der Waals surface area contributed by atoms with Crippen LogP contribution in [0.2, 0.25) is 0 Å². The summed E-state index contributed by atoms with van der Waals surface area (Å²) in [5, 5.41) is 6.61. The summed E-state index contributed by atoms with van der Waals surface area (Å²) in [6.07, 6.45) is 4.66. The van der Waals surface area contributed by atoms with Crippen LogP contribution in [0.1, 0.15) is 12.8 Å². The lowest BCUT2D eigenvalue weighted by molar-refractivity contribution is 0.425. The maximum Gasteiger partial charge on any atom is 0.0432 e. The Kier molecular flexibility index (Phi) is 0.745. The van der Waals surface area contributed by atoms with Crippen LogP contribution in [0.3, 0.4) is 0 Å². The van der Waals surface area contributed by atoms with E-state index in [1.54, 1.807) is 0 Å². The Morgan fingerprint density at radius 1 is 1.62 bits per heavy atom. The van der Waals surface area contributed by atoms with E-state index in [0.717, 1.165) is 6.54 Å². The Hall–Kier alpha value is -0.660. The fourth-order valence-electron chi connectivity index (χ4n) is 1.26. The smallest absolute Gasteiger partial charge is 0.0432 e. The highest BCUT2D eigenvalue weighted by molar-refractivity contribution is 5.09. The lowest BCUT2D eigenvalue weighted by atomic mass is 10.0. The quantitative estimate of drug-likeness (QED) is 0.465. The highest BCUT2D eigenvalue weighted by atomic mass is 15.1. The third-order valence-electron chi connectivity index (χ3n) is 1.83. The van der Waals surface area contributed by atoms with Crippen molar-refractivity contribution in [3.63, 3.8) is 0 Å². The molecule has 3 rings (SSSR count). The molecule has 1 unspecified atom stereocenters. The average Bonchev–Trinajstić information content (AvgIpc) is 1.92. The van der Waals surface area contributed by atoms with E-state index in [1.165, 1.54) is 18.5 Å². The molecule has 0 radical (unpaired) electrons. The van der Waals surface area contributed by atoms with Crippen LogP contribution >= 0.6 is 0 Å². The molecule has 1 saturated heterocycles. The number of piperidine rings is 1. The minimum atomic E-state index is 0.715. The minimum Gasteiger partial charge on any atom is -0.385 e. The van der Waals surface area contributed by atoms with Crippen molar-refractivity contribution in [1.29, 1.82) is 0 Å². The molecule has 0 aromatic carbocycles. The van der Waals surface area contributed by atoms with E-state index in [2.05, 4.69) is 16.8 Å². The first-order chi connectivity index (χ1) is 3.95. The van der Waals surface area contributed by atoms with E-state index >= 15 is 0 Å². The van der Waals surface area contributed by atoms with Gasteiger partial charge in [-0.1, -0.05) is 0 Å². The zero-order valence-corrected chi connectivity index (χ0v) is 4.78. The molecule has 0 aromatic rings. The van der Waals surface area contributed by atoms with Crippen molar-refractivity contribution in [2.75, 3.05) is 6.54 Å². The Morgan fingerprint density at radius 3 is 2.75 bits per heavy atom. The molecular weight excluding hydrogens is 100 g/mol. The van der Waals surface area contributed by atoms with Crippen LogP contribution in [-0.2, 0) is 0 Å². The molecule has 8 heavy (non-hydrogen) atoms. The number of nitrogens with one attached hydrogen (secondary N) is 2. The molecule has 1 atom stereocenters. The number of allylic oxidation sites excluding steroid dienone is 1. The third-order valence-corrected chi connectivity index (χ3v) is 1.83. The molecule has 0 aliphatic carbocycles. The second kappa shape index (κ2) is 1.41. The van der Waals surface area contributed by atoms with Crippen molar-refractivity contribution in [2.45, 2.75) is 18.9 Å². The topological polar surface area (TPSA) is 24.1 Å². The first-order valence-corrected chi connectivity index (χ1v) is 3.14. The fraction of sp³-hybridized carbons (Fsp3) is 0.667. The van der Waals surface area contributed by atoms with Gasteiger partial charge in [0.2, 0.25) is 0 Å². The van der Waals surface area contributed by atoms with Crippen molar-refractivity contribution in [3.05, 3.63) is 11.9 Å². The summed E-state index contributed by atoms with van der Waals surface area (Å²) < 4.78 is 0. The van der Waals surface area contributed by atoms with E-state index in [1.807, 2.05) is 0 Å². The highest BCUT2D eigenvalue weighted by Crippen LogP contribution is 2.14. The summed E-state index contributed by atoms with van der Waals surface area (Å²) in [6, 6.07) is 0.715. The van der Waals surface area contributed by atoms with Gasteiger partial charge in [0.1, 0.15) is 0 Å². The van der Waals surface area contributed by atoms with Crippen LogP contribution in [0.5, 0.6) is 0 Å². The summed E-state index contributed by atoms with van der Waals surface area (Å²) in [7, 11) is 0. The van der Waals surface area contributed by atoms with E-state index in [9.17, 15) is 0 Å². The predicted molar refractivity (Wildman–Crippen MR) is 32.2 cm³/mol. The van der Waals surface area contributed by atoms with Crippen molar-refractivity contribution in [2.24, 2.45) is 0 Å². The summed E-state index contributed by atoms with van der Waals surface area (Å²) in [5.41, 5.74) is 1.38. The first kappa shape index (κ1) is 4.24. The molecule has 3 aliphatic heterocycles. The van der Waals surface area contributed by atoms with Crippen molar-refractivity contribution in [3.8, 4) is 0 Å². The zero-order chi connectivity index (χ0) is 5.40. The van der Waals surface area contributed by atoms with Crippen LogP contribution < -0.4 is 10.6 Å². The van der Waals surface area contributed by atoms with Crippen molar-refractivity contribution >= 4 is 0 Å². The number of hydrogen-bond acceptors (Lipinski definition) is 2. The summed E-state index contributed by atoms with van der Waals surface area (Å²) in [6.45, 7) is 1.13. The van der Waals surface area contributed by atoms with E-state index in [0.29, 0.717) is 6.04 Å². The molecule has 2 N–H and O–H groups in total. The molecule has 0 spiro atoms. The van der Waals surface area contributed by atoms with E-state index in [-0.39, 0.29) is 0 Å². The van der Waals surface area contributed by atoms with Crippen LogP contribution in [0.25, 0.3) is 0 Å². The SMILES string of the molecule is C1=C2CCC(CN2)N1. The second-order valence-electron chi connectivity index (χ2n) is 2.45. The van der Waals surface area contributed by atoms with E-state index in [4.69, 9.17) is 0 Å². The lowest BCUT2D eigenvalue weighted by Gasteiger charge is -2.31. The Bertz CT molecular complexity index is 118. The standard InChI is InChI=1S/C6H10N2/c1-2-6-4-7-5(1)3-8-6/h3,6-8H,1-2,4H2. The van der Waals surface area contributed by atoms with Gasteiger partial charge in [0.15, 0.2) is 0 Å². The predicted octanol–water partition coefficient (Wildman–Crippen LogP) is 0.183. The molecule has 0 saturated carbocycles. The number of hydrogen-bond donors (Lipinski definition) is 2. The molecule has 1 fully saturated rings. The number of rotatable bonds is 0. The maximum atomic E-state index is 3.32. The molecule has 44 valence electrons. The Morgan fingerprint density at radius 2 is 2.62 bits per heavy atom. The molecule has 0 aromatic heterocycles. The zero-order valence-electron chi connectivity index (χ0n) is 4.78. The molecule has 2 nitrogen and oxygen atoms in total. The van der Waals surface area contributed by atoms with Gasteiger partial charge < -0.3 is 10.6 Å². The van der Waals surface area contributed by atoms with Gasteiger partial charge in [0.05, 0.1) is 0 Å². The minimum absolute atomic E-state index is 0.715. The summed E-state index contributed by atoms with van der Waals surface area (Å²) >= 11 is 0. The molecule has 2 bridgehead atoms. The number of fused-ring (bicyclic) bond motifs is 3. The van der Waals surface area contributed by atoms with Gasteiger partial charge in [-0.05, 0) is 12.8 Å². The van der Waals surface area contributed by atoms with Gasteiger partial charge in [-0.3, -0.25) is 0 Å². The monoisotopic (exact) mass is 110 g/mol. The van der Waals surface area contributed by atoms with E-state index < -0.39 is 0 Å². The Balaban J connectivity index is 2.22. The van der Waals surface area contributed by atoms with Crippen LogP contribution in [-0.4, -0.2) is 12.6 Å². The molecule has 0 amide bonds.